The van der Waals surface area contributed by atoms with E-state index in [0.29, 0.717) is 5.69 Å². The van der Waals surface area contributed by atoms with Gasteiger partial charge in [0.25, 0.3) is 0 Å². The predicted octanol–water partition coefficient (Wildman–Crippen LogP) is 2.39. The van der Waals surface area contributed by atoms with Gasteiger partial charge in [-0.05, 0) is 44.2 Å². The minimum absolute atomic E-state index is 0.0718. The number of nitrogens with zero attached hydrogens (tertiary/aromatic N) is 2. The molecule has 0 spiro atoms. The second kappa shape index (κ2) is 6.01. The lowest BCUT2D eigenvalue weighted by molar-refractivity contribution is 0.207. The highest BCUT2D eigenvalue weighted by atomic mass is 16.6. The fraction of sp³-hybridized carbons (Fsp3) is 0.214. The van der Waals surface area contributed by atoms with E-state index in [9.17, 15) is 4.79 Å². The summed E-state index contributed by atoms with van der Waals surface area (Å²) < 4.78 is 10.2. The van der Waals surface area contributed by atoms with E-state index in [1.54, 1.807) is 6.07 Å². The zero-order valence-corrected chi connectivity index (χ0v) is 11.2. The summed E-state index contributed by atoms with van der Waals surface area (Å²) in [6.07, 6.45) is 0.678. The van der Waals surface area contributed by atoms with Crippen LogP contribution in [0.2, 0.25) is 0 Å². The molecule has 0 unspecified atom stereocenters. The number of hydrogen-bond acceptors (Lipinski definition) is 5. The maximum absolute atomic E-state index is 10.7. The van der Waals surface area contributed by atoms with Gasteiger partial charge in [-0.15, -0.1) is 0 Å². The summed E-state index contributed by atoms with van der Waals surface area (Å²) in [5, 5.41) is 0. The molecule has 1 aromatic carbocycles. The van der Waals surface area contributed by atoms with E-state index >= 15 is 0 Å². The molecule has 0 radical (unpaired) electrons. The highest BCUT2D eigenvalue weighted by molar-refractivity contribution is 5.67. The first kappa shape index (κ1) is 13.8. The normalized spacial score (nSPS) is 10.3. The standard InChI is InChI=1S/C14H15N3O3/c1-9(2)19-11-5-3-10(4-6-11)12-7-8-16-14(17-12)20-13(15)18/h3-9H,1-2H3,(H2,15,18). The summed E-state index contributed by atoms with van der Waals surface area (Å²) in [7, 11) is 0. The molecule has 2 rings (SSSR count). The number of amides is 1. The Labute approximate surface area is 116 Å². The fourth-order valence-electron chi connectivity index (χ4n) is 1.62. The number of rotatable bonds is 4. The smallest absolute Gasteiger partial charge is 0.412 e. The van der Waals surface area contributed by atoms with E-state index in [1.165, 1.54) is 6.20 Å². The second-order valence-corrected chi connectivity index (χ2v) is 4.34. The van der Waals surface area contributed by atoms with Gasteiger partial charge in [0.2, 0.25) is 0 Å². The van der Waals surface area contributed by atoms with Crippen LogP contribution in [0.15, 0.2) is 36.5 Å². The molecule has 0 saturated carbocycles. The van der Waals surface area contributed by atoms with Crippen molar-refractivity contribution in [3.05, 3.63) is 36.5 Å². The van der Waals surface area contributed by atoms with Crippen molar-refractivity contribution >= 4 is 6.09 Å². The van der Waals surface area contributed by atoms with Crippen molar-refractivity contribution in [2.45, 2.75) is 20.0 Å². The van der Waals surface area contributed by atoms with Crippen LogP contribution in [0.4, 0.5) is 4.79 Å². The Morgan fingerprint density at radius 3 is 2.50 bits per heavy atom. The molecule has 2 aromatic rings. The molecule has 6 heteroatoms. The van der Waals surface area contributed by atoms with Gasteiger partial charge in [0.15, 0.2) is 0 Å². The van der Waals surface area contributed by atoms with Gasteiger partial charge >= 0.3 is 12.1 Å². The van der Waals surface area contributed by atoms with E-state index in [-0.39, 0.29) is 12.1 Å². The van der Waals surface area contributed by atoms with Gasteiger partial charge in [0.05, 0.1) is 11.8 Å². The van der Waals surface area contributed by atoms with Crippen LogP contribution in [-0.4, -0.2) is 22.2 Å². The van der Waals surface area contributed by atoms with Crippen molar-refractivity contribution in [2.24, 2.45) is 5.73 Å². The Hall–Kier alpha value is -2.63. The maximum atomic E-state index is 10.7. The summed E-state index contributed by atoms with van der Waals surface area (Å²) >= 11 is 0. The molecule has 1 amide bonds. The van der Waals surface area contributed by atoms with Gasteiger partial charge in [0.1, 0.15) is 5.75 Å². The Kier molecular flexibility index (Phi) is 4.14. The molecule has 1 heterocycles. The molecular formula is C14H15N3O3. The van der Waals surface area contributed by atoms with Crippen molar-refractivity contribution in [2.75, 3.05) is 0 Å². The molecular weight excluding hydrogens is 258 g/mol. The first-order valence-electron chi connectivity index (χ1n) is 6.12. The Balaban J connectivity index is 2.20. The van der Waals surface area contributed by atoms with Crippen LogP contribution in [0.3, 0.4) is 0 Å². The summed E-state index contributed by atoms with van der Waals surface area (Å²) in [4.78, 5) is 18.6. The molecule has 1 aromatic heterocycles. The first-order chi connectivity index (χ1) is 9.54. The number of carbonyl (C=O) groups excluding carboxylic acids is 1. The molecule has 0 aliphatic heterocycles. The van der Waals surface area contributed by atoms with E-state index in [4.69, 9.17) is 10.5 Å². The van der Waals surface area contributed by atoms with Gasteiger partial charge in [0, 0.05) is 11.8 Å². The number of ether oxygens (including phenoxy) is 2. The summed E-state index contributed by atoms with van der Waals surface area (Å²) in [5.74, 6) is 0.784. The fourth-order valence-corrected chi connectivity index (χ4v) is 1.62. The Bertz CT molecular complexity index is 597. The van der Waals surface area contributed by atoms with Crippen LogP contribution >= 0.6 is 0 Å². The van der Waals surface area contributed by atoms with E-state index in [1.807, 2.05) is 38.1 Å². The van der Waals surface area contributed by atoms with Crippen molar-refractivity contribution in [1.82, 2.24) is 9.97 Å². The quantitative estimate of drug-likeness (QED) is 0.924. The highest BCUT2D eigenvalue weighted by Gasteiger charge is 2.06. The average molecular weight is 273 g/mol. The third-order valence-corrected chi connectivity index (χ3v) is 2.35. The third-order valence-electron chi connectivity index (χ3n) is 2.35. The topological polar surface area (TPSA) is 87.3 Å². The molecule has 20 heavy (non-hydrogen) atoms. The van der Waals surface area contributed by atoms with Crippen LogP contribution < -0.4 is 15.2 Å². The van der Waals surface area contributed by atoms with Crippen LogP contribution in [0.25, 0.3) is 11.3 Å². The van der Waals surface area contributed by atoms with Gasteiger partial charge < -0.3 is 15.2 Å². The number of aromatic nitrogens is 2. The van der Waals surface area contributed by atoms with E-state index in [0.717, 1.165) is 11.3 Å². The zero-order valence-electron chi connectivity index (χ0n) is 11.2. The second-order valence-electron chi connectivity index (χ2n) is 4.34. The number of carbonyl (C=O) groups is 1. The van der Waals surface area contributed by atoms with Crippen LogP contribution in [0, 0.1) is 0 Å². The minimum Gasteiger partial charge on any atom is -0.491 e. The molecule has 0 aliphatic carbocycles. The monoisotopic (exact) mass is 273 g/mol. The molecule has 0 bridgehead atoms. The highest BCUT2D eigenvalue weighted by Crippen LogP contribution is 2.22. The van der Waals surface area contributed by atoms with Gasteiger partial charge in [-0.25, -0.2) is 9.78 Å². The lowest BCUT2D eigenvalue weighted by atomic mass is 10.1. The number of nitrogens with two attached hydrogens (primary N) is 1. The number of benzene rings is 1. The Morgan fingerprint density at radius 1 is 1.20 bits per heavy atom. The van der Waals surface area contributed by atoms with Gasteiger partial charge in [-0.2, -0.15) is 4.98 Å². The third kappa shape index (κ3) is 3.68. The number of hydrogen-bond donors (Lipinski definition) is 1. The van der Waals surface area contributed by atoms with Gasteiger partial charge in [-0.3, -0.25) is 0 Å². The number of primary amides is 1. The molecule has 2 N–H and O–H groups in total. The molecule has 104 valence electrons. The van der Waals surface area contributed by atoms with Crippen molar-refractivity contribution in [3.63, 3.8) is 0 Å². The van der Waals surface area contributed by atoms with Crippen LogP contribution in [0.5, 0.6) is 11.8 Å². The largest absolute Gasteiger partial charge is 0.491 e. The van der Waals surface area contributed by atoms with Crippen LogP contribution in [-0.2, 0) is 0 Å². The molecule has 6 nitrogen and oxygen atoms in total. The minimum atomic E-state index is -0.942. The average Bonchev–Trinajstić information content (AvgIpc) is 2.38. The Morgan fingerprint density at radius 2 is 1.90 bits per heavy atom. The summed E-state index contributed by atoms with van der Waals surface area (Å²) in [6.45, 7) is 3.93. The molecule has 0 saturated heterocycles. The summed E-state index contributed by atoms with van der Waals surface area (Å²) in [5.41, 5.74) is 6.41. The zero-order chi connectivity index (χ0) is 14.5. The molecule has 0 aliphatic rings. The van der Waals surface area contributed by atoms with E-state index in [2.05, 4.69) is 14.7 Å². The maximum Gasteiger partial charge on any atom is 0.412 e. The van der Waals surface area contributed by atoms with Crippen molar-refractivity contribution in [1.29, 1.82) is 0 Å². The van der Waals surface area contributed by atoms with E-state index < -0.39 is 6.09 Å². The van der Waals surface area contributed by atoms with Gasteiger partial charge in [-0.1, -0.05) is 0 Å². The first-order valence-corrected chi connectivity index (χ1v) is 6.12. The molecule has 0 fully saturated rings. The lowest BCUT2D eigenvalue weighted by Crippen LogP contribution is -2.17. The lowest BCUT2D eigenvalue weighted by Gasteiger charge is -2.10. The SMILES string of the molecule is CC(C)Oc1ccc(-c2ccnc(OC(N)=O)n2)cc1. The summed E-state index contributed by atoms with van der Waals surface area (Å²) in [6, 6.07) is 9.09. The predicted molar refractivity (Wildman–Crippen MR) is 73.4 cm³/mol. The van der Waals surface area contributed by atoms with Crippen LogP contribution in [0.1, 0.15) is 13.8 Å². The van der Waals surface area contributed by atoms with Crippen molar-refractivity contribution < 1.29 is 14.3 Å². The molecule has 0 atom stereocenters. The van der Waals surface area contributed by atoms with Crippen molar-refractivity contribution in [3.8, 4) is 23.0 Å².